The van der Waals surface area contributed by atoms with E-state index in [0.29, 0.717) is 22.4 Å². The highest BCUT2D eigenvalue weighted by molar-refractivity contribution is 6.04. The summed E-state index contributed by atoms with van der Waals surface area (Å²) in [6, 6.07) is 14.2. The summed E-state index contributed by atoms with van der Waals surface area (Å²) in [4.78, 5) is 16.6. The lowest BCUT2D eigenvalue weighted by molar-refractivity contribution is -0.254. The van der Waals surface area contributed by atoms with Gasteiger partial charge in [0.2, 0.25) is 0 Å². The number of hydrogen-bond acceptors (Lipinski definition) is 3. The van der Waals surface area contributed by atoms with E-state index in [9.17, 15) is 9.90 Å². The van der Waals surface area contributed by atoms with Gasteiger partial charge in [0.1, 0.15) is 0 Å². The number of carbonyl (C=O) groups excluding carboxylic acids is 1. The van der Waals surface area contributed by atoms with E-state index in [4.69, 9.17) is 4.98 Å². The Morgan fingerprint density at radius 1 is 1.00 bits per heavy atom. The summed E-state index contributed by atoms with van der Waals surface area (Å²) in [5, 5.41) is 12.5. The second-order valence-electron chi connectivity index (χ2n) is 7.73. The van der Waals surface area contributed by atoms with Crippen molar-refractivity contribution in [1.29, 1.82) is 0 Å². The summed E-state index contributed by atoms with van der Waals surface area (Å²) in [7, 11) is 0. The number of nitrogens with zero attached hydrogens (tertiary/aromatic N) is 1. The summed E-state index contributed by atoms with van der Waals surface area (Å²) < 4.78 is 0. The Hall–Kier alpha value is -2.68. The van der Waals surface area contributed by atoms with Gasteiger partial charge in [0.25, 0.3) is 0 Å². The second-order valence-corrected chi connectivity index (χ2v) is 7.73. The van der Waals surface area contributed by atoms with Gasteiger partial charge in [0.05, 0.1) is 17.2 Å². The van der Waals surface area contributed by atoms with Gasteiger partial charge in [-0.05, 0) is 55.9 Å². The molecule has 0 atom stereocenters. The SMILES string of the molecule is Cc1ccc2nc(-c3ccc(C4CCCCC4)cc3)c(C)c(C(=O)[O-])c2c1. The lowest BCUT2D eigenvalue weighted by Crippen LogP contribution is -2.24. The molecule has 0 N–H and O–H groups in total. The van der Waals surface area contributed by atoms with E-state index in [1.807, 2.05) is 32.0 Å². The molecule has 1 fully saturated rings. The summed E-state index contributed by atoms with van der Waals surface area (Å²) in [6.07, 6.45) is 6.50. The van der Waals surface area contributed by atoms with Crippen LogP contribution in [0.15, 0.2) is 42.5 Å². The Bertz CT molecular complexity index is 999. The van der Waals surface area contributed by atoms with Gasteiger partial charge in [-0.1, -0.05) is 55.2 Å². The smallest absolute Gasteiger partial charge is 0.0745 e. The van der Waals surface area contributed by atoms with Crippen LogP contribution < -0.4 is 5.11 Å². The molecular formula is C24H24NO2-. The number of carbonyl (C=O) groups is 1. The zero-order chi connectivity index (χ0) is 19.0. The number of hydrogen-bond donors (Lipinski definition) is 0. The molecule has 1 aliphatic carbocycles. The number of rotatable bonds is 3. The Morgan fingerprint density at radius 3 is 2.37 bits per heavy atom. The zero-order valence-electron chi connectivity index (χ0n) is 15.9. The molecular weight excluding hydrogens is 334 g/mol. The van der Waals surface area contributed by atoms with Gasteiger partial charge in [-0.2, -0.15) is 0 Å². The fourth-order valence-electron chi connectivity index (χ4n) is 4.37. The lowest BCUT2D eigenvalue weighted by Gasteiger charge is -2.22. The van der Waals surface area contributed by atoms with E-state index in [1.165, 1.54) is 37.7 Å². The molecule has 3 nitrogen and oxygen atoms in total. The molecule has 1 saturated carbocycles. The van der Waals surface area contributed by atoms with Crippen LogP contribution in [-0.4, -0.2) is 11.0 Å². The number of aryl methyl sites for hydroxylation is 1. The van der Waals surface area contributed by atoms with E-state index < -0.39 is 5.97 Å². The van der Waals surface area contributed by atoms with Crippen molar-refractivity contribution < 1.29 is 9.90 Å². The molecule has 27 heavy (non-hydrogen) atoms. The molecule has 0 spiro atoms. The Morgan fingerprint density at radius 2 is 1.70 bits per heavy atom. The van der Waals surface area contributed by atoms with Gasteiger partial charge in [-0.15, -0.1) is 0 Å². The van der Waals surface area contributed by atoms with Crippen molar-refractivity contribution in [2.75, 3.05) is 0 Å². The number of benzene rings is 2. The third kappa shape index (κ3) is 3.34. The van der Waals surface area contributed by atoms with Crippen LogP contribution in [0.4, 0.5) is 0 Å². The summed E-state index contributed by atoms with van der Waals surface area (Å²) in [6.45, 7) is 3.77. The summed E-state index contributed by atoms with van der Waals surface area (Å²) in [5.74, 6) is -0.495. The number of pyridine rings is 1. The Balaban J connectivity index is 1.80. The first kappa shape index (κ1) is 17.7. The molecule has 3 heteroatoms. The van der Waals surface area contributed by atoms with Gasteiger partial charge in [0.15, 0.2) is 0 Å². The number of aromatic carboxylic acids is 1. The molecule has 138 valence electrons. The fourth-order valence-corrected chi connectivity index (χ4v) is 4.37. The van der Waals surface area contributed by atoms with E-state index in [1.54, 1.807) is 0 Å². The molecule has 0 amide bonds. The summed E-state index contributed by atoms with van der Waals surface area (Å²) in [5.41, 5.74) is 5.67. The zero-order valence-corrected chi connectivity index (χ0v) is 15.9. The minimum atomic E-state index is -1.15. The van der Waals surface area contributed by atoms with Crippen LogP contribution in [0.1, 0.15) is 65.1 Å². The molecule has 0 aliphatic heterocycles. The van der Waals surface area contributed by atoms with E-state index in [0.717, 1.165) is 16.8 Å². The second kappa shape index (κ2) is 7.15. The Kier molecular flexibility index (Phi) is 4.69. The number of carboxylic acid groups (broad SMARTS) is 1. The van der Waals surface area contributed by atoms with E-state index in [-0.39, 0.29) is 5.56 Å². The first-order valence-electron chi connectivity index (χ1n) is 9.77. The van der Waals surface area contributed by atoms with Crippen molar-refractivity contribution >= 4 is 16.9 Å². The van der Waals surface area contributed by atoms with Crippen molar-refractivity contribution in [3.63, 3.8) is 0 Å². The standard InChI is InChI=1S/C24H25NO2/c1-15-8-13-21-20(14-15)22(24(26)27)16(2)23(25-21)19-11-9-18(10-12-19)17-6-4-3-5-7-17/h8-14,17H,3-7H2,1-2H3,(H,26,27)/p-1. The maximum absolute atomic E-state index is 11.9. The summed E-state index contributed by atoms with van der Waals surface area (Å²) >= 11 is 0. The van der Waals surface area contributed by atoms with E-state index >= 15 is 0 Å². The molecule has 3 aromatic rings. The first-order chi connectivity index (χ1) is 13.0. The Labute approximate surface area is 160 Å². The topological polar surface area (TPSA) is 53.0 Å². The van der Waals surface area contributed by atoms with Gasteiger partial charge in [0, 0.05) is 16.5 Å². The molecule has 0 unspecified atom stereocenters. The largest absolute Gasteiger partial charge is 0.545 e. The highest BCUT2D eigenvalue weighted by Crippen LogP contribution is 2.35. The van der Waals surface area contributed by atoms with Crippen LogP contribution in [0.3, 0.4) is 0 Å². The number of carboxylic acids is 1. The van der Waals surface area contributed by atoms with E-state index in [2.05, 4.69) is 24.3 Å². The highest BCUT2D eigenvalue weighted by Gasteiger charge is 2.17. The third-order valence-electron chi connectivity index (χ3n) is 5.85. The van der Waals surface area contributed by atoms with Crippen molar-refractivity contribution in [3.8, 4) is 11.3 Å². The molecule has 0 saturated heterocycles. The molecule has 1 aliphatic rings. The predicted octanol–water partition coefficient (Wildman–Crippen LogP) is 4.93. The molecule has 0 bridgehead atoms. The van der Waals surface area contributed by atoms with Crippen LogP contribution in [0.2, 0.25) is 0 Å². The van der Waals surface area contributed by atoms with Gasteiger partial charge < -0.3 is 9.90 Å². The van der Waals surface area contributed by atoms with Crippen molar-refractivity contribution in [3.05, 3.63) is 64.7 Å². The third-order valence-corrected chi connectivity index (χ3v) is 5.85. The fraction of sp³-hybridized carbons (Fsp3) is 0.333. The molecule has 4 rings (SSSR count). The average molecular weight is 358 g/mol. The van der Waals surface area contributed by atoms with Gasteiger partial charge >= 0.3 is 0 Å². The maximum Gasteiger partial charge on any atom is 0.0745 e. The van der Waals surface area contributed by atoms with Crippen molar-refractivity contribution in [2.45, 2.75) is 51.9 Å². The monoisotopic (exact) mass is 358 g/mol. The molecule has 1 aromatic heterocycles. The minimum absolute atomic E-state index is 0.245. The average Bonchev–Trinajstić information content (AvgIpc) is 2.68. The normalized spacial score (nSPS) is 15.2. The predicted molar refractivity (Wildman–Crippen MR) is 107 cm³/mol. The van der Waals surface area contributed by atoms with Crippen LogP contribution in [-0.2, 0) is 0 Å². The first-order valence-corrected chi connectivity index (χ1v) is 9.77. The van der Waals surface area contributed by atoms with Crippen LogP contribution in [0.25, 0.3) is 22.2 Å². The van der Waals surface area contributed by atoms with Gasteiger partial charge in [-0.3, -0.25) is 0 Å². The van der Waals surface area contributed by atoms with Crippen molar-refractivity contribution in [2.24, 2.45) is 0 Å². The van der Waals surface area contributed by atoms with Crippen molar-refractivity contribution in [1.82, 2.24) is 4.98 Å². The molecule has 1 heterocycles. The molecule has 2 aromatic carbocycles. The quantitative estimate of drug-likeness (QED) is 0.667. The van der Waals surface area contributed by atoms with Gasteiger partial charge in [-0.25, -0.2) is 4.98 Å². The van der Waals surface area contributed by atoms with Crippen LogP contribution in [0, 0.1) is 13.8 Å². The number of fused-ring (bicyclic) bond motifs is 1. The lowest BCUT2D eigenvalue weighted by atomic mass is 9.83. The minimum Gasteiger partial charge on any atom is -0.545 e. The highest BCUT2D eigenvalue weighted by atomic mass is 16.4. The maximum atomic E-state index is 11.9. The number of aromatic nitrogens is 1. The van der Waals surface area contributed by atoms with Crippen LogP contribution >= 0.6 is 0 Å². The molecule has 0 radical (unpaired) electrons. The van der Waals surface area contributed by atoms with Crippen LogP contribution in [0.5, 0.6) is 0 Å².